The van der Waals surface area contributed by atoms with E-state index in [2.05, 4.69) is 0 Å². The Bertz CT molecular complexity index is 433. The van der Waals surface area contributed by atoms with Crippen LogP contribution in [0.1, 0.15) is 30.1 Å². The predicted octanol–water partition coefficient (Wildman–Crippen LogP) is 2.69. The number of carbonyl (C=O) groups excluding carboxylic acids is 1. The van der Waals surface area contributed by atoms with E-state index in [0.717, 1.165) is 24.6 Å². The number of ether oxygens (including phenoxy) is 1. The maximum absolute atomic E-state index is 12.9. The predicted molar refractivity (Wildman–Crippen MR) is 58.2 cm³/mol. The molecule has 0 aromatic heterocycles. The van der Waals surface area contributed by atoms with Gasteiger partial charge in [0.25, 0.3) is 5.69 Å². The molecule has 0 aliphatic carbocycles. The number of benzene rings is 1. The summed E-state index contributed by atoms with van der Waals surface area (Å²) in [6.45, 7) is 2.08. The molecule has 6 heteroatoms. The van der Waals surface area contributed by atoms with Gasteiger partial charge in [-0.15, -0.1) is 0 Å². The van der Waals surface area contributed by atoms with E-state index in [1.54, 1.807) is 0 Å². The van der Waals surface area contributed by atoms with Gasteiger partial charge in [-0.05, 0) is 18.6 Å². The highest BCUT2D eigenvalue weighted by atomic mass is 19.1. The fraction of sp³-hybridized carbons (Fsp3) is 0.364. The second-order valence-electron chi connectivity index (χ2n) is 3.41. The molecule has 0 bridgehead atoms. The summed E-state index contributed by atoms with van der Waals surface area (Å²) in [4.78, 5) is 21.4. The van der Waals surface area contributed by atoms with Crippen LogP contribution < -0.4 is 0 Å². The molecule has 0 fully saturated rings. The lowest BCUT2D eigenvalue weighted by molar-refractivity contribution is -0.385. The molecule has 5 nitrogen and oxygen atoms in total. The number of unbranched alkanes of at least 4 members (excludes halogenated alkanes) is 1. The van der Waals surface area contributed by atoms with Crippen molar-refractivity contribution < 1.29 is 18.8 Å². The molecule has 0 N–H and O–H groups in total. The highest BCUT2D eigenvalue weighted by Gasteiger charge is 2.21. The van der Waals surface area contributed by atoms with E-state index >= 15 is 0 Å². The quantitative estimate of drug-likeness (QED) is 0.344. The van der Waals surface area contributed by atoms with Crippen molar-refractivity contribution in [1.82, 2.24) is 0 Å². The van der Waals surface area contributed by atoms with Gasteiger partial charge in [-0.2, -0.15) is 0 Å². The van der Waals surface area contributed by atoms with E-state index in [4.69, 9.17) is 4.74 Å². The summed E-state index contributed by atoms with van der Waals surface area (Å²) in [6.07, 6.45) is 1.49. The zero-order valence-electron chi connectivity index (χ0n) is 9.31. The monoisotopic (exact) mass is 241 g/mol. The molecule has 1 aromatic rings. The molecule has 17 heavy (non-hydrogen) atoms. The fourth-order valence-electron chi connectivity index (χ4n) is 1.22. The zero-order valence-corrected chi connectivity index (χ0v) is 9.31. The van der Waals surface area contributed by atoms with E-state index in [9.17, 15) is 19.3 Å². The van der Waals surface area contributed by atoms with Crippen LogP contribution in [-0.4, -0.2) is 17.5 Å². The van der Waals surface area contributed by atoms with Crippen molar-refractivity contribution >= 4 is 11.7 Å². The van der Waals surface area contributed by atoms with Gasteiger partial charge in [0.2, 0.25) is 0 Å². The molecule has 0 unspecified atom stereocenters. The van der Waals surface area contributed by atoms with Crippen LogP contribution in [0, 0.1) is 15.9 Å². The lowest BCUT2D eigenvalue weighted by Gasteiger charge is -2.04. The van der Waals surface area contributed by atoms with Crippen LogP contribution in [0.3, 0.4) is 0 Å². The Kier molecular flexibility index (Phi) is 4.56. The SMILES string of the molecule is CCCCOC(=O)c1cc(F)ccc1[N+](=O)[O-]. The van der Waals surface area contributed by atoms with E-state index in [1.807, 2.05) is 6.92 Å². The highest BCUT2D eigenvalue weighted by Crippen LogP contribution is 2.20. The Hall–Kier alpha value is -1.98. The van der Waals surface area contributed by atoms with Crippen molar-refractivity contribution in [3.8, 4) is 0 Å². The van der Waals surface area contributed by atoms with Crippen molar-refractivity contribution in [3.05, 3.63) is 39.7 Å². The summed E-state index contributed by atoms with van der Waals surface area (Å²) in [5.41, 5.74) is -0.806. The fourth-order valence-corrected chi connectivity index (χ4v) is 1.22. The number of rotatable bonds is 5. The average Bonchev–Trinajstić information content (AvgIpc) is 2.28. The minimum Gasteiger partial charge on any atom is -0.462 e. The number of hydrogen-bond acceptors (Lipinski definition) is 4. The summed E-state index contributed by atoms with van der Waals surface area (Å²) >= 11 is 0. The van der Waals surface area contributed by atoms with Crippen molar-refractivity contribution in [1.29, 1.82) is 0 Å². The van der Waals surface area contributed by atoms with E-state index < -0.39 is 22.4 Å². The molecule has 0 amide bonds. The van der Waals surface area contributed by atoms with Crippen LogP contribution in [0.2, 0.25) is 0 Å². The average molecular weight is 241 g/mol. The van der Waals surface area contributed by atoms with Crippen LogP contribution in [0.15, 0.2) is 18.2 Å². The Morgan fingerprint density at radius 2 is 2.24 bits per heavy atom. The van der Waals surface area contributed by atoms with E-state index in [0.29, 0.717) is 6.42 Å². The Balaban J connectivity index is 2.90. The lowest BCUT2D eigenvalue weighted by atomic mass is 10.2. The topological polar surface area (TPSA) is 69.4 Å². The van der Waals surface area contributed by atoms with Gasteiger partial charge in [-0.3, -0.25) is 10.1 Å². The Morgan fingerprint density at radius 1 is 1.53 bits per heavy atom. The van der Waals surface area contributed by atoms with Gasteiger partial charge in [-0.1, -0.05) is 13.3 Å². The maximum atomic E-state index is 12.9. The van der Waals surface area contributed by atoms with Crippen molar-refractivity contribution in [2.75, 3.05) is 6.61 Å². The van der Waals surface area contributed by atoms with Crippen LogP contribution in [-0.2, 0) is 4.74 Å². The smallest absolute Gasteiger partial charge is 0.345 e. The number of nitrogens with zero attached hydrogens (tertiary/aromatic N) is 1. The van der Waals surface area contributed by atoms with Gasteiger partial charge in [0, 0.05) is 6.07 Å². The molecule has 1 rings (SSSR count). The molecule has 0 aliphatic rings. The normalized spacial score (nSPS) is 10.0. The molecule has 0 saturated carbocycles. The van der Waals surface area contributed by atoms with Crippen LogP contribution in [0.5, 0.6) is 0 Å². The number of hydrogen-bond donors (Lipinski definition) is 0. The van der Waals surface area contributed by atoms with E-state index in [1.165, 1.54) is 0 Å². The van der Waals surface area contributed by atoms with Crippen molar-refractivity contribution in [2.45, 2.75) is 19.8 Å². The number of halogens is 1. The first kappa shape index (κ1) is 13.1. The number of nitro benzene ring substituents is 1. The molecule has 0 radical (unpaired) electrons. The van der Waals surface area contributed by atoms with Gasteiger partial charge in [0.1, 0.15) is 11.4 Å². The van der Waals surface area contributed by atoms with Crippen molar-refractivity contribution in [3.63, 3.8) is 0 Å². The third kappa shape index (κ3) is 3.51. The standard InChI is InChI=1S/C11H12FNO4/c1-2-3-6-17-11(14)9-7-8(12)4-5-10(9)13(15)16/h4-5,7H,2-3,6H2,1H3. The largest absolute Gasteiger partial charge is 0.462 e. The molecular formula is C11H12FNO4. The van der Waals surface area contributed by atoms with Crippen LogP contribution in [0.4, 0.5) is 10.1 Å². The summed E-state index contributed by atoms with van der Waals surface area (Å²) in [5, 5.41) is 10.6. The minimum absolute atomic E-state index is 0.170. The lowest BCUT2D eigenvalue weighted by Crippen LogP contribution is -2.09. The Morgan fingerprint density at radius 3 is 2.82 bits per heavy atom. The molecule has 1 aromatic carbocycles. The summed E-state index contributed by atoms with van der Waals surface area (Å²) in [5.74, 6) is -1.58. The highest BCUT2D eigenvalue weighted by molar-refractivity contribution is 5.93. The number of nitro groups is 1. The first-order valence-corrected chi connectivity index (χ1v) is 5.17. The first-order valence-electron chi connectivity index (χ1n) is 5.17. The third-order valence-corrected chi connectivity index (χ3v) is 2.11. The van der Waals surface area contributed by atoms with Gasteiger partial charge in [0.05, 0.1) is 11.5 Å². The summed E-state index contributed by atoms with van der Waals surface area (Å²) < 4.78 is 17.7. The summed E-state index contributed by atoms with van der Waals surface area (Å²) in [7, 11) is 0. The Labute approximate surface area is 97.3 Å². The third-order valence-electron chi connectivity index (χ3n) is 2.11. The second kappa shape index (κ2) is 5.93. The first-order chi connectivity index (χ1) is 8.06. The maximum Gasteiger partial charge on any atom is 0.345 e. The molecule has 0 aliphatic heterocycles. The van der Waals surface area contributed by atoms with Gasteiger partial charge < -0.3 is 4.74 Å². The zero-order chi connectivity index (χ0) is 12.8. The van der Waals surface area contributed by atoms with Crippen LogP contribution >= 0.6 is 0 Å². The van der Waals surface area contributed by atoms with Gasteiger partial charge in [0.15, 0.2) is 0 Å². The number of carbonyl (C=O) groups is 1. The van der Waals surface area contributed by atoms with Crippen LogP contribution in [0.25, 0.3) is 0 Å². The molecule has 0 atom stereocenters. The van der Waals surface area contributed by atoms with Gasteiger partial charge in [-0.25, -0.2) is 9.18 Å². The van der Waals surface area contributed by atoms with Crippen molar-refractivity contribution in [2.24, 2.45) is 0 Å². The molecular weight excluding hydrogens is 229 g/mol. The second-order valence-corrected chi connectivity index (χ2v) is 3.41. The minimum atomic E-state index is -0.871. The molecule has 0 spiro atoms. The number of esters is 1. The summed E-state index contributed by atoms with van der Waals surface area (Å²) in [6, 6.07) is 2.69. The molecule has 0 saturated heterocycles. The molecule has 0 heterocycles. The van der Waals surface area contributed by atoms with E-state index in [-0.39, 0.29) is 12.2 Å². The molecule has 92 valence electrons. The van der Waals surface area contributed by atoms with Gasteiger partial charge >= 0.3 is 5.97 Å².